The molecule has 1 aliphatic heterocycles. The van der Waals surface area contributed by atoms with Gasteiger partial charge in [-0.3, -0.25) is 0 Å². The number of epoxide rings is 1. The van der Waals surface area contributed by atoms with Crippen LogP contribution in [-0.4, -0.2) is 62.6 Å². The number of hydrogen-bond donors (Lipinski definition) is 1. The van der Waals surface area contributed by atoms with Crippen LogP contribution >= 0.6 is 0 Å². The van der Waals surface area contributed by atoms with Gasteiger partial charge in [0.1, 0.15) is 42.3 Å². The molecule has 1 N–H and O–H groups in total. The molecule has 7 heteroatoms. The topological polar surface area (TPSA) is 78.9 Å². The van der Waals surface area contributed by atoms with Crippen LogP contribution in [0.4, 0.5) is 0 Å². The van der Waals surface area contributed by atoms with E-state index < -0.39 is 6.10 Å². The zero-order valence-electron chi connectivity index (χ0n) is 23.2. The summed E-state index contributed by atoms with van der Waals surface area (Å²) < 4.78 is 32.9. The van der Waals surface area contributed by atoms with Crippen molar-refractivity contribution in [2.45, 2.75) is 85.4 Å². The Bertz CT molecular complexity index is 821. The van der Waals surface area contributed by atoms with E-state index in [1.165, 1.54) is 0 Å². The molecular weight excluding hydrogens is 460 g/mol. The third kappa shape index (κ3) is 14.8. The summed E-state index contributed by atoms with van der Waals surface area (Å²) in [5.74, 6) is 2.76. The first-order valence-electron chi connectivity index (χ1n) is 12.9. The third-order valence-corrected chi connectivity index (χ3v) is 4.67. The Labute approximate surface area is 217 Å². The van der Waals surface area contributed by atoms with E-state index in [9.17, 15) is 5.11 Å². The molecule has 0 aromatic heterocycles. The molecule has 204 valence electrons. The van der Waals surface area contributed by atoms with Gasteiger partial charge in [0.05, 0.1) is 31.0 Å². The molecule has 0 aliphatic carbocycles. The van der Waals surface area contributed by atoms with Gasteiger partial charge in [-0.05, 0) is 58.9 Å². The number of aliphatic hydroxyl groups is 1. The van der Waals surface area contributed by atoms with E-state index in [0.717, 1.165) is 24.5 Å². The second-order valence-electron chi connectivity index (χ2n) is 8.80. The van der Waals surface area contributed by atoms with Crippen molar-refractivity contribution in [3.63, 3.8) is 0 Å². The van der Waals surface area contributed by atoms with Crippen molar-refractivity contribution < 1.29 is 33.5 Å². The molecule has 1 saturated heterocycles. The Balaban J connectivity index is 0.000000826. The van der Waals surface area contributed by atoms with Gasteiger partial charge in [0.2, 0.25) is 0 Å². The lowest BCUT2D eigenvalue weighted by molar-refractivity contribution is 0.0623. The Morgan fingerprint density at radius 2 is 1.25 bits per heavy atom. The number of rotatable bonds is 13. The van der Waals surface area contributed by atoms with Crippen molar-refractivity contribution in [3.05, 3.63) is 48.5 Å². The van der Waals surface area contributed by atoms with Gasteiger partial charge in [-0.15, -0.1) is 0 Å². The van der Waals surface area contributed by atoms with Crippen LogP contribution in [0.3, 0.4) is 0 Å². The molecule has 3 atom stereocenters. The molecule has 2 aromatic rings. The predicted octanol–water partition coefficient (Wildman–Crippen LogP) is 5.92. The first-order chi connectivity index (χ1) is 17.2. The van der Waals surface area contributed by atoms with E-state index in [1.807, 2.05) is 97.0 Å². The Morgan fingerprint density at radius 1 is 0.806 bits per heavy atom. The van der Waals surface area contributed by atoms with Crippen molar-refractivity contribution in [1.29, 1.82) is 0 Å². The Kier molecular flexibility index (Phi) is 15.7. The van der Waals surface area contributed by atoms with Gasteiger partial charge in [-0.2, -0.15) is 0 Å². The maximum absolute atomic E-state index is 10.2. The highest BCUT2D eigenvalue weighted by molar-refractivity contribution is 5.34. The molecule has 7 nitrogen and oxygen atoms in total. The van der Waals surface area contributed by atoms with Crippen LogP contribution in [0.2, 0.25) is 0 Å². The van der Waals surface area contributed by atoms with E-state index in [0.29, 0.717) is 23.7 Å². The van der Waals surface area contributed by atoms with Gasteiger partial charge in [0, 0.05) is 25.7 Å². The van der Waals surface area contributed by atoms with Crippen LogP contribution in [0.15, 0.2) is 48.5 Å². The first kappa shape index (κ1) is 31.5. The largest absolute Gasteiger partial charge is 0.491 e. The molecule has 1 aliphatic rings. The van der Waals surface area contributed by atoms with Crippen molar-refractivity contribution in [3.8, 4) is 23.0 Å². The average molecular weight is 507 g/mol. The maximum Gasteiger partial charge on any atom is 0.123 e. The monoisotopic (exact) mass is 506 g/mol. The third-order valence-electron chi connectivity index (χ3n) is 4.67. The molecular formula is C29H46O7. The van der Waals surface area contributed by atoms with Gasteiger partial charge in [-0.1, -0.05) is 26.0 Å². The second kappa shape index (κ2) is 17.9. The predicted molar refractivity (Wildman–Crippen MR) is 144 cm³/mol. The minimum absolute atomic E-state index is 0.0761. The SMILES string of the molecule is CC.CC(C)Oc1cccc(OCC(O)COc2cccc(OC(C)CC3CO3)c2)c1.COC(C)C. The molecule has 36 heavy (non-hydrogen) atoms. The summed E-state index contributed by atoms with van der Waals surface area (Å²) in [7, 11) is 1.70. The van der Waals surface area contributed by atoms with Crippen molar-refractivity contribution in [1.82, 2.24) is 0 Å². The van der Waals surface area contributed by atoms with Gasteiger partial charge < -0.3 is 33.5 Å². The van der Waals surface area contributed by atoms with Crippen LogP contribution < -0.4 is 18.9 Å². The van der Waals surface area contributed by atoms with Gasteiger partial charge in [-0.25, -0.2) is 0 Å². The van der Waals surface area contributed by atoms with E-state index in [1.54, 1.807) is 7.11 Å². The minimum atomic E-state index is -0.764. The standard InChI is InChI=1S/C23H30O6.C4H10O.C2H6/c1-16(2)28-21-8-4-6-19(11-21)25-13-18(24)14-26-20-7-5-9-22(12-20)29-17(3)10-23-15-27-23;1-4(2)5-3;1-2/h4-9,11-12,16-18,23-24H,10,13-15H2,1-3H3;4H,1-3H3;1-2H3. The van der Waals surface area contributed by atoms with E-state index >= 15 is 0 Å². The Morgan fingerprint density at radius 3 is 1.67 bits per heavy atom. The van der Waals surface area contributed by atoms with Gasteiger partial charge >= 0.3 is 0 Å². The molecule has 0 spiro atoms. The second-order valence-corrected chi connectivity index (χ2v) is 8.80. The normalized spacial score (nSPS) is 15.6. The number of methoxy groups -OCH3 is 1. The fourth-order valence-electron chi connectivity index (χ4n) is 2.83. The minimum Gasteiger partial charge on any atom is -0.491 e. The summed E-state index contributed by atoms with van der Waals surface area (Å²) in [5.41, 5.74) is 0. The lowest BCUT2D eigenvalue weighted by atomic mass is 10.2. The van der Waals surface area contributed by atoms with Crippen molar-refractivity contribution in [2.75, 3.05) is 26.9 Å². The van der Waals surface area contributed by atoms with E-state index in [4.69, 9.17) is 28.4 Å². The lowest BCUT2D eigenvalue weighted by Crippen LogP contribution is -2.25. The summed E-state index contributed by atoms with van der Waals surface area (Å²) in [6.07, 6.45) is 0.999. The van der Waals surface area contributed by atoms with E-state index in [-0.39, 0.29) is 25.4 Å². The average Bonchev–Trinajstić information content (AvgIpc) is 3.67. The molecule has 1 fully saturated rings. The van der Waals surface area contributed by atoms with Gasteiger partial charge in [0.15, 0.2) is 0 Å². The first-order valence-corrected chi connectivity index (χ1v) is 12.9. The van der Waals surface area contributed by atoms with Crippen LogP contribution in [0.25, 0.3) is 0 Å². The van der Waals surface area contributed by atoms with Crippen LogP contribution in [-0.2, 0) is 9.47 Å². The smallest absolute Gasteiger partial charge is 0.123 e. The highest BCUT2D eigenvalue weighted by atomic mass is 16.6. The summed E-state index contributed by atoms with van der Waals surface area (Å²) >= 11 is 0. The fraction of sp³-hybridized carbons (Fsp3) is 0.586. The van der Waals surface area contributed by atoms with Crippen molar-refractivity contribution >= 4 is 0 Å². The zero-order chi connectivity index (χ0) is 26.9. The van der Waals surface area contributed by atoms with Crippen LogP contribution in [0.5, 0.6) is 23.0 Å². The highest BCUT2D eigenvalue weighted by Crippen LogP contribution is 2.24. The summed E-state index contributed by atoms with van der Waals surface area (Å²) in [6, 6.07) is 14.8. The molecule has 0 radical (unpaired) electrons. The van der Waals surface area contributed by atoms with E-state index in [2.05, 4.69) is 0 Å². The van der Waals surface area contributed by atoms with Crippen molar-refractivity contribution in [2.24, 2.45) is 0 Å². The quantitative estimate of drug-likeness (QED) is 0.338. The number of aliphatic hydroxyl groups excluding tert-OH is 1. The summed E-state index contributed by atoms with van der Waals surface area (Å²) in [5, 5.41) is 10.2. The maximum atomic E-state index is 10.2. The van der Waals surface area contributed by atoms with Gasteiger partial charge in [0.25, 0.3) is 0 Å². The lowest BCUT2D eigenvalue weighted by Gasteiger charge is -2.16. The zero-order valence-corrected chi connectivity index (χ0v) is 23.2. The molecule has 3 unspecified atom stereocenters. The fourth-order valence-corrected chi connectivity index (χ4v) is 2.83. The number of ether oxygens (including phenoxy) is 6. The van der Waals surface area contributed by atoms with Crippen LogP contribution in [0, 0.1) is 0 Å². The molecule has 2 aromatic carbocycles. The highest BCUT2D eigenvalue weighted by Gasteiger charge is 2.25. The molecule has 0 amide bonds. The molecule has 0 saturated carbocycles. The molecule has 0 bridgehead atoms. The molecule has 1 heterocycles. The Hall–Kier alpha value is -2.48. The van der Waals surface area contributed by atoms with Crippen LogP contribution in [0.1, 0.15) is 54.9 Å². The molecule has 3 rings (SSSR count). The summed E-state index contributed by atoms with van der Waals surface area (Å²) in [4.78, 5) is 0. The number of benzene rings is 2. The number of hydrogen-bond acceptors (Lipinski definition) is 7. The summed E-state index contributed by atoms with van der Waals surface area (Å²) in [6.45, 7) is 15.0.